The van der Waals surface area contributed by atoms with Crippen LogP contribution >= 0.6 is 23.7 Å². The van der Waals surface area contributed by atoms with Crippen molar-refractivity contribution in [3.63, 3.8) is 0 Å². The first kappa shape index (κ1) is 26.4. The summed E-state index contributed by atoms with van der Waals surface area (Å²) in [5, 5.41) is 18.4. The Morgan fingerprint density at radius 2 is 2.16 bits per heavy atom. The zero-order valence-corrected chi connectivity index (χ0v) is 23.5. The molecule has 2 aromatic carbocycles. The van der Waals surface area contributed by atoms with Crippen LogP contribution in [0.4, 0.5) is 17.3 Å². The van der Waals surface area contributed by atoms with Crippen LogP contribution in [0.2, 0.25) is 11.8 Å². The number of hydrogen-bond donors (Lipinski definition) is 2. The van der Waals surface area contributed by atoms with Crippen LogP contribution in [-0.2, 0) is 23.1 Å². The summed E-state index contributed by atoms with van der Waals surface area (Å²) < 4.78 is 7.27. The minimum atomic E-state index is -0.321. The predicted molar refractivity (Wildman–Crippen MR) is 155 cm³/mol. The number of carbonyl (C=O) groups excluding carboxylic acids is 1. The molecule has 1 aromatic heterocycles. The van der Waals surface area contributed by atoms with Crippen molar-refractivity contribution in [2.75, 3.05) is 23.4 Å². The Morgan fingerprint density at radius 1 is 1.39 bits per heavy atom. The topological polar surface area (TPSA) is 102 Å². The minimum Gasteiger partial charge on any atom is -0.395 e. The van der Waals surface area contributed by atoms with Crippen LogP contribution < -0.4 is 10.2 Å². The standard InChI is InChI=1S/C27H26ClN5O2.CH3BS/c1-15-19-6-9-33(16(2)35)25(19)22(28)12-24(15)32-26-30-8-5-23(31-26)17-10-18(13-29)20-4-7-27(3,14-34)21(20)11-17;1-2-3/h5,8,10-12,34H,4,6-7,9,14H2,1-3H3,(H,30,31,32);1H3/i34T;. The Labute approximate surface area is 235 Å². The fourth-order valence-corrected chi connectivity index (χ4v) is 5.60. The number of amides is 1. The number of rotatable bonds is 5. The van der Waals surface area contributed by atoms with Crippen LogP contribution in [-0.4, -0.2) is 41.7 Å². The van der Waals surface area contributed by atoms with Crippen molar-refractivity contribution in [3.05, 3.63) is 63.3 Å². The van der Waals surface area contributed by atoms with Gasteiger partial charge in [-0.2, -0.15) is 5.26 Å². The summed E-state index contributed by atoms with van der Waals surface area (Å²) in [6.45, 7) is 8.31. The minimum absolute atomic E-state index is 0.0248. The molecule has 38 heavy (non-hydrogen) atoms. The monoisotopic (exact) mass is 547 g/mol. The van der Waals surface area contributed by atoms with Gasteiger partial charge in [-0.25, -0.2) is 9.97 Å². The molecule has 0 saturated heterocycles. The number of aromatic nitrogens is 2. The zero-order valence-electron chi connectivity index (χ0n) is 22.9. The average molecular weight is 548 g/mol. The molecule has 0 saturated carbocycles. The molecule has 194 valence electrons. The Kier molecular flexibility index (Phi) is 7.84. The Hall–Kier alpha value is -3.19. The number of halogens is 1. The molecule has 0 spiro atoms. The van der Waals surface area contributed by atoms with Gasteiger partial charge in [0.2, 0.25) is 13.3 Å². The van der Waals surface area contributed by atoms with Crippen molar-refractivity contribution in [2.24, 2.45) is 0 Å². The summed E-state index contributed by atoms with van der Waals surface area (Å²) in [6, 6.07) is 9.88. The molecule has 3 aromatic rings. The summed E-state index contributed by atoms with van der Waals surface area (Å²) in [5.41, 5.74) is 7.47. The van der Waals surface area contributed by atoms with E-state index in [1.165, 1.54) is 0 Å². The molecule has 0 fully saturated rings. The number of carbonyl (C=O) groups is 1. The number of nitriles is 1. The van der Waals surface area contributed by atoms with Gasteiger partial charge in [-0.3, -0.25) is 4.79 Å². The van der Waals surface area contributed by atoms with E-state index in [-0.39, 0.29) is 17.9 Å². The Morgan fingerprint density at radius 3 is 2.84 bits per heavy atom. The molecule has 2 aliphatic rings. The maximum absolute atomic E-state index is 12.0. The van der Waals surface area contributed by atoms with Crippen molar-refractivity contribution >= 4 is 53.0 Å². The summed E-state index contributed by atoms with van der Waals surface area (Å²) in [7, 11) is 0. The van der Waals surface area contributed by atoms with Gasteiger partial charge >= 0.3 is 25.0 Å². The first-order valence-electron chi connectivity index (χ1n) is 12.8. The molecule has 2 heterocycles. The Balaban J connectivity index is 0.00000112. The number of nitrogens with zero attached hydrogens (tertiary/aromatic N) is 4. The van der Waals surface area contributed by atoms with Crippen LogP contribution in [0.15, 0.2) is 30.5 Å². The number of benzene rings is 2. The second-order valence-electron chi connectivity index (χ2n) is 9.77. The van der Waals surface area contributed by atoms with Crippen molar-refractivity contribution in [3.8, 4) is 17.3 Å². The number of aliphatic hydroxyl groups excluding tert-OH is 1. The van der Waals surface area contributed by atoms with E-state index in [4.69, 9.17) is 23.1 Å². The first-order chi connectivity index (χ1) is 18.7. The van der Waals surface area contributed by atoms with Gasteiger partial charge in [-0.1, -0.05) is 18.5 Å². The second-order valence-corrected chi connectivity index (χ2v) is 10.7. The normalized spacial score (nSPS) is 17.4. The SMILES string of the molecule is CB=S.[3H]OCC1(C)CCc2c(C#N)cc(-c3ccnc(Nc4cc(Cl)c5c(c4C)CCN5C(C)=O)n3)cc21. The number of anilines is 3. The molecule has 1 amide bonds. The summed E-state index contributed by atoms with van der Waals surface area (Å²) >= 11 is 10.9. The van der Waals surface area contributed by atoms with Gasteiger partial charge in [0.1, 0.15) is 0 Å². The summed E-state index contributed by atoms with van der Waals surface area (Å²) in [5.74, 6) is 0.382. The van der Waals surface area contributed by atoms with E-state index in [2.05, 4.69) is 41.4 Å². The van der Waals surface area contributed by atoms with Crippen LogP contribution in [0.5, 0.6) is 0 Å². The number of hydrogen-bond acceptors (Lipinski definition) is 7. The molecular formula is C28H29BClN5O2S. The quantitative estimate of drug-likeness (QED) is 0.396. The van der Waals surface area contributed by atoms with Crippen LogP contribution in [0, 0.1) is 18.3 Å². The van der Waals surface area contributed by atoms with Gasteiger partial charge in [-0.05, 0) is 72.7 Å². The average Bonchev–Trinajstić information content (AvgIpc) is 3.50. The van der Waals surface area contributed by atoms with Gasteiger partial charge < -0.3 is 15.3 Å². The molecule has 1 unspecified atom stereocenters. The van der Waals surface area contributed by atoms with E-state index >= 15 is 0 Å². The molecule has 2 N–H and O–H groups in total. The van der Waals surface area contributed by atoms with Gasteiger partial charge in [-0.15, -0.1) is 0 Å². The zero-order chi connectivity index (χ0) is 28.3. The van der Waals surface area contributed by atoms with E-state index in [1.807, 2.05) is 31.9 Å². The van der Waals surface area contributed by atoms with Gasteiger partial charge in [0.05, 0.1) is 34.6 Å². The smallest absolute Gasteiger partial charge is 0.227 e. The maximum Gasteiger partial charge on any atom is 0.227 e. The first-order valence-corrected chi connectivity index (χ1v) is 13.3. The molecule has 5 rings (SSSR count). The summed E-state index contributed by atoms with van der Waals surface area (Å²) in [4.78, 5) is 22.9. The van der Waals surface area contributed by atoms with Crippen molar-refractivity contribution in [1.29, 1.82) is 6.69 Å². The van der Waals surface area contributed by atoms with Gasteiger partial charge in [0, 0.05) is 36.3 Å². The fourth-order valence-electron chi connectivity index (χ4n) is 5.28. The second kappa shape index (κ2) is 11.3. The van der Waals surface area contributed by atoms with Gasteiger partial charge in [0.25, 0.3) is 0 Å². The van der Waals surface area contributed by atoms with Crippen molar-refractivity contribution < 1.29 is 9.90 Å². The van der Waals surface area contributed by atoms with Crippen LogP contribution in [0.1, 0.15) is 48.1 Å². The van der Waals surface area contributed by atoms with Crippen molar-refractivity contribution in [2.45, 2.75) is 52.3 Å². The maximum atomic E-state index is 12.0. The summed E-state index contributed by atoms with van der Waals surface area (Å²) in [6.07, 6.45) is 5.62. The van der Waals surface area contributed by atoms with Crippen LogP contribution in [0.25, 0.3) is 11.3 Å². The molecule has 1 aliphatic heterocycles. The molecule has 10 heteroatoms. The van der Waals surface area contributed by atoms with E-state index in [9.17, 15) is 10.1 Å². The van der Waals surface area contributed by atoms with E-state index in [0.29, 0.717) is 28.8 Å². The number of nitrogens with one attached hydrogen (secondary N) is 1. The molecule has 1 atom stereocenters. The van der Waals surface area contributed by atoms with E-state index in [1.54, 1.807) is 24.2 Å². The van der Waals surface area contributed by atoms with Crippen molar-refractivity contribution in [1.82, 2.24) is 9.97 Å². The molecule has 1 aliphatic carbocycles. The predicted octanol–water partition coefficient (Wildman–Crippen LogP) is 5.68. The number of aliphatic hydroxyl groups is 1. The molecule has 0 bridgehead atoms. The van der Waals surface area contributed by atoms with Crippen LogP contribution in [0.3, 0.4) is 0 Å². The third kappa shape index (κ3) is 5.09. The Bertz CT molecular complexity index is 1500. The van der Waals surface area contributed by atoms with Gasteiger partial charge in [0.15, 0.2) is 0 Å². The van der Waals surface area contributed by atoms with E-state index < -0.39 is 0 Å². The number of fused-ring (bicyclic) bond motifs is 2. The third-order valence-corrected chi connectivity index (χ3v) is 7.63. The molecule has 7 nitrogen and oxygen atoms in total. The largest absolute Gasteiger partial charge is 0.395 e. The fraction of sp³-hybridized carbons (Fsp3) is 0.357. The van der Waals surface area contributed by atoms with E-state index in [0.717, 1.165) is 58.5 Å². The third-order valence-electron chi connectivity index (χ3n) is 7.34. The molecule has 0 radical (unpaired) electrons. The molecular weight excluding hydrogens is 517 g/mol.